The molecule has 0 spiro atoms. The van der Waals surface area contributed by atoms with E-state index in [0.29, 0.717) is 13.1 Å². The molecule has 6 nitrogen and oxygen atoms in total. The smallest absolute Gasteiger partial charge is 0.322 e. The summed E-state index contributed by atoms with van der Waals surface area (Å²) in [5.74, 6) is 0. The van der Waals surface area contributed by atoms with Crippen LogP contribution in [-0.2, 0) is 11.8 Å². The van der Waals surface area contributed by atoms with Crippen LogP contribution in [0.5, 0.6) is 0 Å². The molecule has 6 heteroatoms. The van der Waals surface area contributed by atoms with E-state index in [-0.39, 0.29) is 18.2 Å². The van der Waals surface area contributed by atoms with E-state index in [4.69, 9.17) is 4.74 Å². The zero-order valence-electron chi connectivity index (χ0n) is 11.3. The van der Waals surface area contributed by atoms with Crippen LogP contribution in [0.25, 0.3) is 0 Å². The number of hydrogen-bond acceptors (Lipinski definition) is 3. The summed E-state index contributed by atoms with van der Waals surface area (Å²) in [6.45, 7) is 7.07. The molecular weight excluding hydrogens is 232 g/mol. The van der Waals surface area contributed by atoms with Crippen LogP contribution >= 0.6 is 0 Å². The SMILES string of the molecule is Cc1nn(C)cc1NC(=O)N1C[C@@H](C)O[C@@H](C)C1. The van der Waals surface area contributed by atoms with Crippen LogP contribution < -0.4 is 5.32 Å². The lowest BCUT2D eigenvalue weighted by Crippen LogP contribution is -2.49. The number of anilines is 1. The topological polar surface area (TPSA) is 59.4 Å². The number of amides is 2. The number of hydrogen-bond donors (Lipinski definition) is 1. The Morgan fingerprint density at radius 1 is 1.44 bits per heavy atom. The molecule has 0 aliphatic carbocycles. The van der Waals surface area contributed by atoms with Gasteiger partial charge in [-0.15, -0.1) is 0 Å². The minimum Gasteiger partial charge on any atom is -0.372 e. The molecule has 1 saturated heterocycles. The predicted molar refractivity (Wildman–Crippen MR) is 68.5 cm³/mol. The lowest BCUT2D eigenvalue weighted by Gasteiger charge is -2.35. The molecule has 1 aliphatic rings. The zero-order chi connectivity index (χ0) is 13.3. The third-order valence-corrected chi connectivity index (χ3v) is 2.96. The van der Waals surface area contributed by atoms with Crippen molar-refractivity contribution in [3.05, 3.63) is 11.9 Å². The molecule has 2 amide bonds. The van der Waals surface area contributed by atoms with E-state index in [1.54, 1.807) is 15.8 Å². The predicted octanol–water partition coefficient (Wildman–Crippen LogP) is 1.37. The summed E-state index contributed by atoms with van der Waals surface area (Å²) >= 11 is 0. The molecule has 0 unspecified atom stereocenters. The molecule has 0 aromatic carbocycles. The van der Waals surface area contributed by atoms with E-state index in [2.05, 4.69) is 10.4 Å². The number of carbonyl (C=O) groups is 1. The summed E-state index contributed by atoms with van der Waals surface area (Å²) in [5.41, 5.74) is 1.58. The van der Waals surface area contributed by atoms with Gasteiger partial charge in [0.25, 0.3) is 0 Å². The van der Waals surface area contributed by atoms with Crippen LogP contribution in [0.2, 0.25) is 0 Å². The summed E-state index contributed by atoms with van der Waals surface area (Å²) in [5, 5.41) is 7.09. The van der Waals surface area contributed by atoms with Gasteiger partial charge in [-0.05, 0) is 20.8 Å². The summed E-state index contributed by atoms with van der Waals surface area (Å²) in [6, 6.07) is -0.0897. The molecule has 2 atom stereocenters. The van der Waals surface area contributed by atoms with Gasteiger partial charge in [-0.3, -0.25) is 4.68 Å². The highest BCUT2D eigenvalue weighted by Gasteiger charge is 2.26. The number of nitrogens with one attached hydrogen (secondary N) is 1. The van der Waals surface area contributed by atoms with Gasteiger partial charge in [0.2, 0.25) is 0 Å². The zero-order valence-corrected chi connectivity index (χ0v) is 11.3. The average molecular weight is 252 g/mol. The first kappa shape index (κ1) is 12.9. The standard InChI is InChI=1S/C12H20N4O2/c1-8-5-16(6-9(2)18-8)12(17)13-11-7-15(4)14-10(11)3/h7-9H,5-6H2,1-4H3,(H,13,17)/t8-,9+. The molecule has 0 saturated carbocycles. The van der Waals surface area contributed by atoms with Crippen molar-refractivity contribution in [1.29, 1.82) is 0 Å². The quantitative estimate of drug-likeness (QED) is 0.821. The van der Waals surface area contributed by atoms with Crippen molar-refractivity contribution in [2.45, 2.75) is 33.0 Å². The average Bonchev–Trinajstić information content (AvgIpc) is 2.56. The second-order valence-electron chi connectivity index (χ2n) is 4.89. The van der Waals surface area contributed by atoms with Gasteiger partial charge < -0.3 is 15.0 Å². The van der Waals surface area contributed by atoms with Crippen molar-refractivity contribution < 1.29 is 9.53 Å². The molecule has 2 heterocycles. The Labute approximate surface area is 107 Å². The lowest BCUT2D eigenvalue weighted by atomic mass is 10.2. The second kappa shape index (κ2) is 4.97. The van der Waals surface area contributed by atoms with E-state index < -0.39 is 0 Å². The maximum atomic E-state index is 12.1. The molecular formula is C12H20N4O2. The molecule has 1 fully saturated rings. The van der Waals surface area contributed by atoms with E-state index in [1.807, 2.05) is 27.8 Å². The lowest BCUT2D eigenvalue weighted by molar-refractivity contribution is -0.0530. The molecule has 1 aromatic rings. The maximum Gasteiger partial charge on any atom is 0.322 e. The van der Waals surface area contributed by atoms with Gasteiger partial charge in [0, 0.05) is 26.3 Å². The largest absolute Gasteiger partial charge is 0.372 e. The summed E-state index contributed by atoms with van der Waals surface area (Å²) in [7, 11) is 1.83. The van der Waals surface area contributed by atoms with Crippen LogP contribution in [0.3, 0.4) is 0 Å². The number of ether oxygens (including phenoxy) is 1. The van der Waals surface area contributed by atoms with Crippen molar-refractivity contribution in [2.75, 3.05) is 18.4 Å². The normalized spacial score (nSPS) is 24.1. The number of nitrogens with zero attached hydrogens (tertiary/aromatic N) is 3. The number of urea groups is 1. The second-order valence-corrected chi connectivity index (χ2v) is 4.89. The van der Waals surface area contributed by atoms with Gasteiger partial charge in [-0.2, -0.15) is 5.10 Å². The van der Waals surface area contributed by atoms with Crippen LogP contribution in [0.15, 0.2) is 6.20 Å². The fraction of sp³-hybridized carbons (Fsp3) is 0.667. The van der Waals surface area contributed by atoms with Crippen LogP contribution in [0, 0.1) is 6.92 Å². The highest BCUT2D eigenvalue weighted by molar-refractivity contribution is 5.89. The van der Waals surface area contributed by atoms with Gasteiger partial charge >= 0.3 is 6.03 Å². The van der Waals surface area contributed by atoms with Crippen molar-refractivity contribution in [1.82, 2.24) is 14.7 Å². The molecule has 2 rings (SSSR count). The number of morpholine rings is 1. The third kappa shape index (κ3) is 2.81. The minimum atomic E-state index is -0.0897. The van der Waals surface area contributed by atoms with Crippen molar-refractivity contribution in [3.63, 3.8) is 0 Å². The Hall–Kier alpha value is -1.56. The Morgan fingerprint density at radius 3 is 2.56 bits per heavy atom. The first-order valence-electron chi connectivity index (χ1n) is 6.17. The van der Waals surface area contributed by atoms with Crippen LogP contribution in [-0.4, -0.2) is 46.0 Å². The Kier molecular flexibility index (Phi) is 3.56. The number of aryl methyl sites for hydroxylation is 2. The first-order valence-corrected chi connectivity index (χ1v) is 6.17. The molecule has 100 valence electrons. The minimum absolute atomic E-state index is 0.0782. The molecule has 0 radical (unpaired) electrons. The molecule has 1 aromatic heterocycles. The highest BCUT2D eigenvalue weighted by Crippen LogP contribution is 2.15. The monoisotopic (exact) mass is 252 g/mol. The fourth-order valence-corrected chi connectivity index (χ4v) is 2.26. The third-order valence-electron chi connectivity index (χ3n) is 2.96. The van der Waals surface area contributed by atoms with Gasteiger partial charge in [0.1, 0.15) is 0 Å². The molecule has 18 heavy (non-hydrogen) atoms. The fourth-order valence-electron chi connectivity index (χ4n) is 2.26. The molecule has 0 bridgehead atoms. The number of aromatic nitrogens is 2. The van der Waals surface area contributed by atoms with Gasteiger partial charge in [0.05, 0.1) is 23.6 Å². The van der Waals surface area contributed by atoms with Crippen molar-refractivity contribution in [2.24, 2.45) is 7.05 Å². The van der Waals surface area contributed by atoms with E-state index in [9.17, 15) is 4.79 Å². The highest BCUT2D eigenvalue weighted by atomic mass is 16.5. The van der Waals surface area contributed by atoms with Crippen molar-refractivity contribution in [3.8, 4) is 0 Å². The Morgan fingerprint density at radius 2 is 2.06 bits per heavy atom. The Bertz CT molecular complexity index is 433. The van der Waals surface area contributed by atoms with Gasteiger partial charge in [0.15, 0.2) is 0 Å². The summed E-state index contributed by atoms with van der Waals surface area (Å²) in [4.78, 5) is 13.9. The number of carbonyl (C=O) groups excluding carboxylic acids is 1. The summed E-state index contributed by atoms with van der Waals surface area (Å²) < 4.78 is 7.30. The Balaban J connectivity index is 2.01. The van der Waals surface area contributed by atoms with E-state index in [1.165, 1.54) is 0 Å². The van der Waals surface area contributed by atoms with Gasteiger partial charge in [-0.25, -0.2) is 4.79 Å². The number of rotatable bonds is 1. The molecule has 1 N–H and O–H groups in total. The van der Waals surface area contributed by atoms with Crippen molar-refractivity contribution >= 4 is 11.7 Å². The van der Waals surface area contributed by atoms with Gasteiger partial charge in [-0.1, -0.05) is 0 Å². The summed E-state index contributed by atoms with van der Waals surface area (Å²) in [6.07, 6.45) is 1.96. The maximum absolute atomic E-state index is 12.1. The first-order chi connectivity index (χ1) is 8.45. The van der Waals surface area contributed by atoms with E-state index >= 15 is 0 Å². The molecule has 1 aliphatic heterocycles. The van der Waals surface area contributed by atoms with E-state index in [0.717, 1.165) is 11.4 Å². The van der Waals surface area contributed by atoms with Crippen LogP contribution in [0.4, 0.5) is 10.5 Å². The van der Waals surface area contributed by atoms with Crippen LogP contribution in [0.1, 0.15) is 19.5 Å².